The van der Waals surface area contributed by atoms with E-state index < -0.39 is 0 Å². The van der Waals surface area contributed by atoms with Crippen LogP contribution in [0.2, 0.25) is 0 Å². The van der Waals surface area contributed by atoms with Crippen molar-refractivity contribution < 1.29 is 9.13 Å². The summed E-state index contributed by atoms with van der Waals surface area (Å²) in [5, 5.41) is 0. The third-order valence-electron chi connectivity index (χ3n) is 6.39. The molecule has 6 heteroatoms. The number of hydrogen-bond donors (Lipinski definition) is 0. The van der Waals surface area contributed by atoms with Crippen LogP contribution in [0, 0.1) is 12.7 Å². The van der Waals surface area contributed by atoms with Crippen molar-refractivity contribution in [2.24, 2.45) is 0 Å². The van der Waals surface area contributed by atoms with Crippen molar-refractivity contribution in [1.29, 1.82) is 0 Å². The molecule has 2 aromatic heterocycles. The number of aromatic nitrogens is 3. The molecular formula is C27H26FN3O2. The Balaban J connectivity index is 1.49. The van der Waals surface area contributed by atoms with Crippen LogP contribution in [0.5, 0.6) is 5.75 Å². The number of fused-ring (bicyclic) bond motifs is 1. The number of benzene rings is 2. The molecule has 5 nitrogen and oxygen atoms in total. The van der Waals surface area contributed by atoms with E-state index in [1.165, 1.54) is 12.1 Å². The average molecular weight is 444 g/mol. The van der Waals surface area contributed by atoms with Crippen LogP contribution in [0.15, 0.2) is 71.9 Å². The van der Waals surface area contributed by atoms with Crippen LogP contribution >= 0.6 is 0 Å². The predicted molar refractivity (Wildman–Crippen MR) is 126 cm³/mol. The first-order valence-electron chi connectivity index (χ1n) is 11.2. The molecule has 0 fully saturated rings. The fraction of sp³-hybridized carbons (Fsp3) is 0.259. The number of pyridine rings is 1. The highest BCUT2D eigenvalue weighted by Crippen LogP contribution is 2.30. The summed E-state index contributed by atoms with van der Waals surface area (Å²) in [5.41, 5.74) is 5.60. The lowest BCUT2D eigenvalue weighted by Gasteiger charge is -2.29. The van der Waals surface area contributed by atoms with E-state index in [-0.39, 0.29) is 17.4 Å². The highest BCUT2D eigenvalue weighted by molar-refractivity contribution is 5.50. The van der Waals surface area contributed by atoms with Gasteiger partial charge in [-0.15, -0.1) is 0 Å². The zero-order valence-corrected chi connectivity index (χ0v) is 18.8. The summed E-state index contributed by atoms with van der Waals surface area (Å²) in [4.78, 5) is 17.8. The van der Waals surface area contributed by atoms with Crippen LogP contribution in [-0.4, -0.2) is 21.2 Å². The Labute approximate surface area is 192 Å². The Hall–Kier alpha value is -3.67. The van der Waals surface area contributed by atoms with Crippen LogP contribution in [0.4, 0.5) is 4.39 Å². The van der Waals surface area contributed by atoms with E-state index in [1.54, 1.807) is 25.6 Å². The van der Waals surface area contributed by atoms with Gasteiger partial charge in [0.1, 0.15) is 11.6 Å². The second-order valence-corrected chi connectivity index (χ2v) is 8.59. The Morgan fingerprint density at radius 2 is 1.94 bits per heavy atom. The van der Waals surface area contributed by atoms with Gasteiger partial charge >= 0.3 is 0 Å². The predicted octanol–water partition coefficient (Wildman–Crippen LogP) is 5.01. The minimum absolute atomic E-state index is 0.0230. The van der Waals surface area contributed by atoms with Crippen molar-refractivity contribution in [3.05, 3.63) is 111 Å². The van der Waals surface area contributed by atoms with Crippen LogP contribution in [0.25, 0.3) is 5.69 Å². The maximum Gasteiger partial charge on any atom is 0.254 e. The fourth-order valence-corrected chi connectivity index (χ4v) is 4.74. The number of nitrogens with zero attached hydrogens (tertiary/aromatic N) is 3. The lowest BCUT2D eigenvalue weighted by molar-refractivity contribution is 0.412. The molecule has 0 aliphatic carbocycles. The van der Waals surface area contributed by atoms with Crippen LogP contribution in [0.1, 0.15) is 47.0 Å². The molecule has 1 aliphatic rings. The first-order chi connectivity index (χ1) is 16.0. The molecule has 33 heavy (non-hydrogen) atoms. The first kappa shape index (κ1) is 21.2. The molecule has 3 heterocycles. The quantitative estimate of drug-likeness (QED) is 0.436. The maximum atomic E-state index is 13.6. The molecule has 0 spiro atoms. The second-order valence-electron chi connectivity index (χ2n) is 8.59. The number of hydrogen-bond acceptors (Lipinski definition) is 3. The number of rotatable bonds is 5. The first-order valence-corrected chi connectivity index (χ1v) is 11.2. The molecule has 4 aromatic rings. The Morgan fingerprint density at radius 1 is 1.12 bits per heavy atom. The van der Waals surface area contributed by atoms with Gasteiger partial charge in [0.2, 0.25) is 0 Å². The number of aryl methyl sites for hydroxylation is 2. The SMILES string of the molecule is COc1cc(Cc2ccc3n(c2=O)C(c2ccc(F)cc2)CCC3)ccc1-n1cnc(C)c1. The summed E-state index contributed by atoms with van der Waals surface area (Å²) < 4.78 is 22.9. The molecule has 0 amide bonds. The highest BCUT2D eigenvalue weighted by atomic mass is 19.1. The van der Waals surface area contributed by atoms with Crippen LogP contribution in [0.3, 0.4) is 0 Å². The van der Waals surface area contributed by atoms with Gasteiger partial charge in [-0.3, -0.25) is 4.79 Å². The molecular weight excluding hydrogens is 417 g/mol. The zero-order chi connectivity index (χ0) is 22.9. The smallest absolute Gasteiger partial charge is 0.254 e. The summed E-state index contributed by atoms with van der Waals surface area (Å²) in [7, 11) is 1.65. The molecule has 0 saturated carbocycles. The lowest BCUT2D eigenvalue weighted by atomic mass is 9.94. The average Bonchev–Trinajstić information content (AvgIpc) is 3.27. The summed E-state index contributed by atoms with van der Waals surface area (Å²) in [6.07, 6.45) is 6.97. The van der Waals surface area contributed by atoms with Gasteiger partial charge in [0, 0.05) is 23.9 Å². The molecule has 1 aliphatic heterocycles. The van der Waals surface area contributed by atoms with Crippen molar-refractivity contribution >= 4 is 0 Å². The van der Waals surface area contributed by atoms with Crippen molar-refractivity contribution in [2.75, 3.05) is 7.11 Å². The minimum atomic E-state index is -0.265. The van der Waals surface area contributed by atoms with Gasteiger partial charge in [0.25, 0.3) is 5.56 Å². The Kier molecular flexibility index (Phi) is 5.58. The van der Waals surface area contributed by atoms with Gasteiger partial charge in [-0.25, -0.2) is 9.37 Å². The number of methoxy groups -OCH3 is 1. The number of halogens is 1. The van der Waals surface area contributed by atoms with Crippen LogP contribution < -0.4 is 10.3 Å². The molecule has 1 atom stereocenters. The summed E-state index contributed by atoms with van der Waals surface area (Å²) in [5.74, 6) is 0.464. The Bertz CT molecular complexity index is 1350. The van der Waals surface area contributed by atoms with E-state index in [1.807, 2.05) is 46.5 Å². The highest BCUT2D eigenvalue weighted by Gasteiger charge is 2.23. The normalized spacial score (nSPS) is 15.3. The number of ether oxygens (including phenoxy) is 1. The molecule has 2 aromatic carbocycles. The summed E-state index contributed by atoms with van der Waals surface area (Å²) in [6.45, 7) is 1.94. The second kappa shape index (κ2) is 8.70. The summed E-state index contributed by atoms with van der Waals surface area (Å²) >= 11 is 0. The molecule has 0 radical (unpaired) electrons. The zero-order valence-electron chi connectivity index (χ0n) is 18.8. The number of imidazole rings is 1. The molecule has 1 unspecified atom stereocenters. The third-order valence-corrected chi connectivity index (χ3v) is 6.39. The Morgan fingerprint density at radius 3 is 2.67 bits per heavy atom. The van der Waals surface area contributed by atoms with E-state index in [0.29, 0.717) is 6.42 Å². The lowest BCUT2D eigenvalue weighted by Crippen LogP contribution is -2.33. The van der Waals surface area contributed by atoms with Gasteiger partial charge in [0.15, 0.2) is 0 Å². The third kappa shape index (κ3) is 4.09. The molecule has 0 bridgehead atoms. The van der Waals surface area contributed by atoms with Crippen molar-refractivity contribution in [3.8, 4) is 11.4 Å². The molecule has 0 saturated heterocycles. The van der Waals surface area contributed by atoms with Gasteiger partial charge in [-0.1, -0.05) is 24.3 Å². The van der Waals surface area contributed by atoms with E-state index in [2.05, 4.69) is 11.1 Å². The van der Waals surface area contributed by atoms with Crippen molar-refractivity contribution in [3.63, 3.8) is 0 Å². The van der Waals surface area contributed by atoms with E-state index in [4.69, 9.17) is 4.74 Å². The minimum Gasteiger partial charge on any atom is -0.495 e. The fourth-order valence-electron chi connectivity index (χ4n) is 4.74. The van der Waals surface area contributed by atoms with E-state index >= 15 is 0 Å². The monoisotopic (exact) mass is 443 g/mol. The topological polar surface area (TPSA) is 49.0 Å². The van der Waals surface area contributed by atoms with E-state index in [0.717, 1.165) is 58.8 Å². The molecule has 0 N–H and O–H groups in total. The van der Waals surface area contributed by atoms with E-state index in [9.17, 15) is 9.18 Å². The van der Waals surface area contributed by atoms with Crippen molar-refractivity contribution in [2.45, 2.75) is 38.6 Å². The standard InChI is InChI=1S/C27H26FN3O2/c1-18-16-30(17-29-18)25-13-6-19(15-26(25)33-2)14-21-9-12-23-4-3-5-24(31(23)27(21)32)20-7-10-22(28)11-8-20/h6-13,15-17,24H,3-5,14H2,1-2H3. The van der Waals surface area contributed by atoms with Gasteiger partial charge in [0.05, 0.1) is 30.9 Å². The van der Waals surface area contributed by atoms with Gasteiger partial charge in [-0.05, 0) is 67.6 Å². The summed E-state index contributed by atoms with van der Waals surface area (Å²) in [6, 6.07) is 16.4. The van der Waals surface area contributed by atoms with Gasteiger partial charge < -0.3 is 13.9 Å². The van der Waals surface area contributed by atoms with Crippen LogP contribution in [-0.2, 0) is 12.8 Å². The molecule has 168 valence electrons. The largest absolute Gasteiger partial charge is 0.495 e. The molecule has 5 rings (SSSR count). The van der Waals surface area contributed by atoms with Gasteiger partial charge in [-0.2, -0.15) is 0 Å². The maximum absolute atomic E-state index is 13.6. The van der Waals surface area contributed by atoms with Crippen molar-refractivity contribution in [1.82, 2.24) is 14.1 Å².